The highest BCUT2D eigenvalue weighted by Gasteiger charge is 2.27. The molecule has 0 aromatic carbocycles. The summed E-state index contributed by atoms with van der Waals surface area (Å²) in [6, 6.07) is 0. The number of rotatable bonds is 1. The molecule has 0 unspecified atom stereocenters. The molecule has 0 spiro atoms. The first-order chi connectivity index (χ1) is 12.6. The van der Waals surface area contributed by atoms with Crippen molar-refractivity contribution >= 4 is 5.91 Å². The summed E-state index contributed by atoms with van der Waals surface area (Å²) < 4.78 is 3.56. The smallest absolute Gasteiger partial charge is 0.291 e. The molecule has 4 heterocycles. The molecule has 138 valence electrons. The first kappa shape index (κ1) is 16.9. The molecule has 0 bridgehead atoms. The maximum absolute atomic E-state index is 13.1. The summed E-state index contributed by atoms with van der Waals surface area (Å²) in [6.07, 6.45) is 5.31. The van der Waals surface area contributed by atoms with E-state index in [0.717, 1.165) is 49.3 Å². The molecule has 0 radical (unpaired) electrons. The molecular formula is C18H24N6O2. The Morgan fingerprint density at radius 2 is 1.81 bits per heavy atom. The van der Waals surface area contributed by atoms with Crippen LogP contribution in [-0.2, 0) is 32.9 Å². The van der Waals surface area contributed by atoms with Crippen LogP contribution in [0.3, 0.4) is 0 Å². The third-order valence-corrected chi connectivity index (χ3v) is 5.53. The molecule has 0 atom stereocenters. The molecule has 2 aliphatic rings. The lowest BCUT2D eigenvalue weighted by atomic mass is 10.1. The van der Waals surface area contributed by atoms with Gasteiger partial charge in [-0.15, -0.1) is 10.2 Å². The van der Waals surface area contributed by atoms with E-state index in [4.69, 9.17) is 0 Å². The zero-order valence-corrected chi connectivity index (χ0v) is 15.4. The fraction of sp³-hybridized carbons (Fsp3) is 0.611. The van der Waals surface area contributed by atoms with Gasteiger partial charge in [0, 0.05) is 45.1 Å². The number of fused-ring (bicyclic) bond motifs is 2. The van der Waals surface area contributed by atoms with Gasteiger partial charge in [0.2, 0.25) is 5.82 Å². The predicted octanol–water partition coefficient (Wildman–Crippen LogP) is 0.648. The van der Waals surface area contributed by atoms with E-state index in [0.29, 0.717) is 37.6 Å². The number of carbonyl (C=O) groups excluding carboxylic acids is 1. The first-order valence-electron chi connectivity index (χ1n) is 9.33. The van der Waals surface area contributed by atoms with Gasteiger partial charge in [0.25, 0.3) is 11.5 Å². The summed E-state index contributed by atoms with van der Waals surface area (Å²) in [6.45, 7) is 3.70. The average Bonchev–Trinajstić information content (AvgIpc) is 2.79. The number of amides is 1. The van der Waals surface area contributed by atoms with Crippen LogP contribution < -0.4 is 5.56 Å². The molecule has 0 fully saturated rings. The van der Waals surface area contributed by atoms with Crippen molar-refractivity contribution in [3.05, 3.63) is 39.1 Å². The van der Waals surface area contributed by atoms with E-state index in [-0.39, 0.29) is 11.5 Å². The van der Waals surface area contributed by atoms with Crippen molar-refractivity contribution in [2.24, 2.45) is 7.05 Å². The zero-order valence-electron chi connectivity index (χ0n) is 15.4. The standard InChI is InChI=1S/C18H24N6O2/c1-12-19-14-8-11-23(10-7-13(14)17(25)22(12)2)18(26)16-21-20-15-6-4-3-5-9-24(15)16/h3-11H2,1-2H3. The summed E-state index contributed by atoms with van der Waals surface area (Å²) in [4.78, 5) is 31.9. The highest BCUT2D eigenvalue weighted by Crippen LogP contribution is 2.17. The second kappa shape index (κ2) is 6.66. The van der Waals surface area contributed by atoms with Crippen molar-refractivity contribution < 1.29 is 4.79 Å². The van der Waals surface area contributed by atoms with Gasteiger partial charge in [-0.05, 0) is 26.2 Å². The predicted molar refractivity (Wildman–Crippen MR) is 95.1 cm³/mol. The molecule has 8 nitrogen and oxygen atoms in total. The highest BCUT2D eigenvalue weighted by atomic mass is 16.2. The molecular weight excluding hydrogens is 332 g/mol. The summed E-state index contributed by atoms with van der Waals surface area (Å²) in [5.74, 6) is 1.96. The van der Waals surface area contributed by atoms with Gasteiger partial charge < -0.3 is 9.47 Å². The normalized spacial score (nSPS) is 17.2. The third kappa shape index (κ3) is 2.83. The summed E-state index contributed by atoms with van der Waals surface area (Å²) in [7, 11) is 1.74. The Morgan fingerprint density at radius 1 is 1.00 bits per heavy atom. The van der Waals surface area contributed by atoms with Crippen LogP contribution in [0.25, 0.3) is 0 Å². The van der Waals surface area contributed by atoms with Crippen LogP contribution >= 0.6 is 0 Å². The van der Waals surface area contributed by atoms with Crippen LogP contribution in [0.2, 0.25) is 0 Å². The summed E-state index contributed by atoms with van der Waals surface area (Å²) in [5, 5.41) is 8.41. The highest BCUT2D eigenvalue weighted by molar-refractivity contribution is 5.90. The average molecular weight is 356 g/mol. The molecule has 8 heteroatoms. The largest absolute Gasteiger partial charge is 0.335 e. The van der Waals surface area contributed by atoms with E-state index in [1.807, 2.05) is 11.5 Å². The minimum absolute atomic E-state index is 0.00172. The van der Waals surface area contributed by atoms with Crippen molar-refractivity contribution in [1.29, 1.82) is 0 Å². The van der Waals surface area contributed by atoms with Crippen molar-refractivity contribution in [3.63, 3.8) is 0 Å². The van der Waals surface area contributed by atoms with Gasteiger partial charge in [-0.25, -0.2) is 4.98 Å². The number of aryl methyl sites for hydroxylation is 2. The fourth-order valence-corrected chi connectivity index (χ4v) is 3.86. The molecule has 26 heavy (non-hydrogen) atoms. The molecule has 1 amide bonds. The number of nitrogens with zero attached hydrogens (tertiary/aromatic N) is 6. The Bertz CT molecular complexity index is 913. The lowest BCUT2D eigenvalue weighted by molar-refractivity contribution is 0.0744. The van der Waals surface area contributed by atoms with Crippen molar-refractivity contribution in [1.82, 2.24) is 29.2 Å². The van der Waals surface area contributed by atoms with Gasteiger partial charge in [-0.2, -0.15) is 0 Å². The van der Waals surface area contributed by atoms with Crippen LogP contribution in [0.15, 0.2) is 4.79 Å². The molecule has 2 aromatic rings. The molecule has 2 aromatic heterocycles. The molecule has 4 rings (SSSR count). The molecule has 0 aliphatic carbocycles. The van der Waals surface area contributed by atoms with Crippen molar-refractivity contribution in [3.8, 4) is 0 Å². The van der Waals surface area contributed by atoms with E-state index in [9.17, 15) is 9.59 Å². The van der Waals surface area contributed by atoms with E-state index < -0.39 is 0 Å². The fourth-order valence-electron chi connectivity index (χ4n) is 3.86. The van der Waals surface area contributed by atoms with Gasteiger partial charge in [-0.1, -0.05) is 6.42 Å². The van der Waals surface area contributed by atoms with Gasteiger partial charge in [0.1, 0.15) is 11.6 Å². The Kier molecular flexibility index (Phi) is 4.34. The van der Waals surface area contributed by atoms with E-state index in [1.54, 1.807) is 16.5 Å². The van der Waals surface area contributed by atoms with Crippen LogP contribution in [0, 0.1) is 6.92 Å². The monoisotopic (exact) mass is 356 g/mol. The number of carbonyl (C=O) groups is 1. The topological polar surface area (TPSA) is 85.9 Å². The maximum atomic E-state index is 13.1. The molecule has 2 aliphatic heterocycles. The minimum atomic E-state index is -0.0907. The van der Waals surface area contributed by atoms with Crippen molar-refractivity contribution in [2.45, 2.75) is 52.0 Å². The van der Waals surface area contributed by atoms with E-state index in [1.165, 1.54) is 0 Å². The number of aromatic nitrogens is 5. The van der Waals surface area contributed by atoms with E-state index in [2.05, 4.69) is 15.2 Å². The first-order valence-corrected chi connectivity index (χ1v) is 9.33. The number of hydrogen-bond acceptors (Lipinski definition) is 5. The Balaban J connectivity index is 1.59. The third-order valence-electron chi connectivity index (χ3n) is 5.53. The molecule has 0 saturated heterocycles. The maximum Gasteiger partial charge on any atom is 0.291 e. The lowest BCUT2D eigenvalue weighted by Gasteiger charge is -2.20. The lowest BCUT2D eigenvalue weighted by Crippen LogP contribution is -2.35. The van der Waals surface area contributed by atoms with Gasteiger partial charge >= 0.3 is 0 Å². The van der Waals surface area contributed by atoms with E-state index >= 15 is 0 Å². The Morgan fingerprint density at radius 3 is 2.65 bits per heavy atom. The zero-order chi connectivity index (χ0) is 18.3. The molecule has 0 N–H and O–H groups in total. The second-order valence-electron chi connectivity index (χ2n) is 7.14. The van der Waals surface area contributed by atoms with Gasteiger partial charge in [0.05, 0.1) is 5.69 Å². The SMILES string of the molecule is Cc1nc2c(c(=O)n1C)CCN(C(=O)c1nnc3n1CCCCC3)CC2. The van der Waals surface area contributed by atoms with Crippen LogP contribution in [0.4, 0.5) is 0 Å². The summed E-state index contributed by atoms with van der Waals surface area (Å²) in [5.41, 5.74) is 1.55. The van der Waals surface area contributed by atoms with Gasteiger partial charge in [0.15, 0.2) is 0 Å². The Labute approximate surface area is 151 Å². The van der Waals surface area contributed by atoms with Crippen molar-refractivity contribution in [2.75, 3.05) is 13.1 Å². The summed E-state index contributed by atoms with van der Waals surface area (Å²) >= 11 is 0. The molecule has 0 saturated carbocycles. The van der Waals surface area contributed by atoms with Crippen LogP contribution in [0.5, 0.6) is 0 Å². The minimum Gasteiger partial charge on any atom is -0.335 e. The number of hydrogen-bond donors (Lipinski definition) is 0. The quantitative estimate of drug-likeness (QED) is 0.749. The Hall–Kier alpha value is -2.51. The van der Waals surface area contributed by atoms with Crippen LogP contribution in [-0.4, -0.2) is 48.2 Å². The van der Waals surface area contributed by atoms with Crippen LogP contribution in [0.1, 0.15) is 52.8 Å². The second-order valence-corrected chi connectivity index (χ2v) is 7.14. The van der Waals surface area contributed by atoms with Gasteiger partial charge in [-0.3, -0.25) is 14.2 Å².